The van der Waals surface area contributed by atoms with E-state index in [4.69, 9.17) is 20.4 Å². The van der Waals surface area contributed by atoms with Gasteiger partial charge in [-0.3, -0.25) is 20.4 Å². The lowest BCUT2D eigenvalue weighted by atomic mass is 10.2. The molecule has 3 heterocycles. The van der Waals surface area contributed by atoms with Crippen molar-refractivity contribution >= 4 is 23.4 Å². The number of halogens is 1. The minimum atomic E-state index is -0.588. The monoisotopic (exact) mass is 424 g/mol. The summed E-state index contributed by atoms with van der Waals surface area (Å²) in [6, 6.07) is 13.7. The molecule has 30 heavy (non-hydrogen) atoms. The molecule has 3 aromatic heterocycles. The van der Waals surface area contributed by atoms with E-state index in [0.717, 1.165) is 0 Å². The van der Waals surface area contributed by atoms with Crippen LogP contribution in [0.1, 0.15) is 32.4 Å². The van der Waals surface area contributed by atoms with Crippen molar-refractivity contribution in [1.82, 2.24) is 20.6 Å². The molecule has 2 amide bonds. The average Bonchev–Trinajstić information content (AvgIpc) is 3.45. The first kappa shape index (κ1) is 19.5. The molecular weight excluding hydrogens is 408 g/mol. The van der Waals surface area contributed by atoms with Crippen LogP contribution in [0, 0.1) is 13.8 Å². The Bertz CT molecular complexity index is 1220. The Hall–Kier alpha value is -3.78. The van der Waals surface area contributed by atoms with Gasteiger partial charge in [-0.15, -0.1) is 0 Å². The van der Waals surface area contributed by atoms with E-state index in [1.165, 1.54) is 6.26 Å². The van der Waals surface area contributed by atoms with Gasteiger partial charge in [-0.1, -0.05) is 17.7 Å². The van der Waals surface area contributed by atoms with E-state index in [-0.39, 0.29) is 5.69 Å². The van der Waals surface area contributed by atoms with Crippen molar-refractivity contribution in [3.05, 3.63) is 82.6 Å². The number of nitrogens with zero attached hydrogens (tertiary/aromatic N) is 2. The van der Waals surface area contributed by atoms with Crippen LogP contribution in [0.4, 0.5) is 0 Å². The lowest BCUT2D eigenvalue weighted by molar-refractivity contribution is 0.0842. The van der Waals surface area contributed by atoms with Gasteiger partial charge in [0.1, 0.15) is 17.2 Å². The summed E-state index contributed by atoms with van der Waals surface area (Å²) in [7, 11) is 0. The maximum Gasteiger partial charge on any atom is 0.290 e. The maximum absolute atomic E-state index is 12.6. The van der Waals surface area contributed by atoms with Crippen LogP contribution in [-0.4, -0.2) is 21.6 Å². The summed E-state index contributed by atoms with van der Waals surface area (Å²) in [6.45, 7) is 3.41. The molecule has 4 rings (SSSR count). The van der Waals surface area contributed by atoms with Crippen LogP contribution in [0.15, 0.2) is 63.6 Å². The topological polar surface area (TPSA) is 102 Å². The number of aryl methyl sites for hydroxylation is 2. The molecule has 0 radical (unpaired) electrons. The summed E-state index contributed by atoms with van der Waals surface area (Å²) < 4.78 is 12.4. The highest BCUT2D eigenvalue weighted by atomic mass is 35.5. The molecule has 0 spiro atoms. The number of rotatable bonds is 4. The Morgan fingerprint density at radius 2 is 1.83 bits per heavy atom. The van der Waals surface area contributed by atoms with Gasteiger partial charge in [0.15, 0.2) is 11.5 Å². The van der Waals surface area contributed by atoms with Crippen molar-refractivity contribution in [3.8, 4) is 17.1 Å². The fraction of sp³-hybridized carbons (Fsp3) is 0.0952. The summed E-state index contributed by atoms with van der Waals surface area (Å²) >= 11 is 6.10. The number of amides is 2. The highest BCUT2D eigenvalue weighted by Crippen LogP contribution is 2.25. The smallest absolute Gasteiger partial charge is 0.290 e. The predicted molar refractivity (Wildman–Crippen MR) is 109 cm³/mol. The zero-order valence-corrected chi connectivity index (χ0v) is 16.9. The molecule has 0 saturated carbocycles. The number of hydrogen-bond acceptors (Lipinski definition) is 5. The fourth-order valence-corrected chi connectivity index (χ4v) is 3.18. The first-order valence-electron chi connectivity index (χ1n) is 9.00. The van der Waals surface area contributed by atoms with E-state index in [9.17, 15) is 9.59 Å². The number of carbonyl (C=O) groups is 2. The zero-order valence-electron chi connectivity index (χ0n) is 16.1. The number of nitrogens with one attached hydrogen (secondary N) is 2. The van der Waals surface area contributed by atoms with E-state index in [2.05, 4.69) is 16.0 Å². The molecule has 8 nitrogen and oxygen atoms in total. The lowest BCUT2D eigenvalue weighted by Crippen LogP contribution is -2.41. The molecule has 0 unspecified atom stereocenters. The van der Waals surface area contributed by atoms with Gasteiger partial charge in [0, 0.05) is 11.1 Å². The van der Waals surface area contributed by atoms with Crippen LogP contribution in [-0.2, 0) is 0 Å². The number of hydrazine groups is 1. The second kappa shape index (κ2) is 7.92. The van der Waals surface area contributed by atoms with E-state index >= 15 is 0 Å². The molecule has 0 atom stereocenters. The molecule has 0 aliphatic carbocycles. The second-order valence-electron chi connectivity index (χ2n) is 6.52. The molecule has 1 aromatic carbocycles. The minimum absolute atomic E-state index is 0.0850. The zero-order chi connectivity index (χ0) is 21.3. The predicted octanol–water partition coefficient (Wildman–Crippen LogP) is 4.07. The van der Waals surface area contributed by atoms with Crippen molar-refractivity contribution in [2.24, 2.45) is 0 Å². The van der Waals surface area contributed by atoms with Crippen LogP contribution in [0.5, 0.6) is 0 Å². The Morgan fingerprint density at radius 1 is 1.03 bits per heavy atom. The van der Waals surface area contributed by atoms with Crippen molar-refractivity contribution < 1.29 is 18.4 Å². The summed E-state index contributed by atoms with van der Waals surface area (Å²) in [5, 5.41) is 4.89. The summed E-state index contributed by atoms with van der Waals surface area (Å²) in [5.41, 5.74) is 6.38. The van der Waals surface area contributed by atoms with Gasteiger partial charge >= 0.3 is 0 Å². The third kappa shape index (κ3) is 3.85. The molecule has 0 aliphatic heterocycles. The number of furan rings is 2. The van der Waals surface area contributed by atoms with E-state index < -0.39 is 11.8 Å². The molecule has 2 N–H and O–H groups in total. The van der Waals surface area contributed by atoms with Gasteiger partial charge in [0.25, 0.3) is 11.8 Å². The Kier molecular flexibility index (Phi) is 5.16. The standard InChI is InChI=1S/C21H17ClN4O4/c1-12-9-16(13(2)30-12)20(27)23-24-21(28)17-11-18(19-7-4-8-29-19)26(25-17)15-6-3-5-14(22)10-15/h3-11H,1-2H3,(H,23,27)(H,24,28). The van der Waals surface area contributed by atoms with Crippen LogP contribution >= 0.6 is 11.6 Å². The van der Waals surface area contributed by atoms with Crippen LogP contribution in [0.2, 0.25) is 5.02 Å². The molecule has 4 aromatic rings. The molecular formula is C21H17ClN4O4. The number of benzene rings is 1. The van der Waals surface area contributed by atoms with Gasteiger partial charge in [0.05, 0.1) is 17.5 Å². The van der Waals surface area contributed by atoms with Crippen molar-refractivity contribution in [3.63, 3.8) is 0 Å². The first-order chi connectivity index (χ1) is 14.4. The lowest BCUT2D eigenvalue weighted by Gasteiger charge is -2.06. The van der Waals surface area contributed by atoms with Gasteiger partial charge in [-0.2, -0.15) is 5.10 Å². The molecule has 0 bridgehead atoms. The molecule has 0 fully saturated rings. The number of hydrogen-bond donors (Lipinski definition) is 2. The third-order valence-electron chi connectivity index (χ3n) is 4.34. The fourth-order valence-electron chi connectivity index (χ4n) is 3.00. The normalized spacial score (nSPS) is 10.8. The van der Waals surface area contributed by atoms with Crippen LogP contribution < -0.4 is 10.9 Å². The van der Waals surface area contributed by atoms with E-state index in [0.29, 0.717) is 39.2 Å². The summed E-state index contributed by atoms with van der Waals surface area (Å²) in [6.07, 6.45) is 1.53. The van der Waals surface area contributed by atoms with Crippen LogP contribution in [0.25, 0.3) is 17.1 Å². The van der Waals surface area contributed by atoms with Crippen molar-refractivity contribution in [1.29, 1.82) is 0 Å². The second-order valence-corrected chi connectivity index (χ2v) is 6.96. The highest BCUT2D eigenvalue weighted by Gasteiger charge is 2.20. The van der Waals surface area contributed by atoms with E-state index in [1.54, 1.807) is 67.1 Å². The molecule has 9 heteroatoms. The Balaban J connectivity index is 1.59. The largest absolute Gasteiger partial charge is 0.466 e. The van der Waals surface area contributed by atoms with Gasteiger partial charge in [-0.25, -0.2) is 4.68 Å². The SMILES string of the molecule is Cc1cc(C(=O)NNC(=O)c2cc(-c3ccco3)n(-c3cccc(Cl)c3)n2)c(C)o1. The highest BCUT2D eigenvalue weighted by molar-refractivity contribution is 6.30. The van der Waals surface area contributed by atoms with Gasteiger partial charge in [-0.05, 0) is 50.2 Å². The minimum Gasteiger partial charge on any atom is -0.466 e. The van der Waals surface area contributed by atoms with Crippen molar-refractivity contribution in [2.45, 2.75) is 13.8 Å². The van der Waals surface area contributed by atoms with E-state index in [1.807, 2.05) is 0 Å². The summed E-state index contributed by atoms with van der Waals surface area (Å²) in [4.78, 5) is 24.9. The number of aromatic nitrogens is 2. The van der Waals surface area contributed by atoms with Crippen molar-refractivity contribution in [2.75, 3.05) is 0 Å². The molecule has 152 valence electrons. The first-order valence-corrected chi connectivity index (χ1v) is 9.38. The Labute approximate surface area is 176 Å². The molecule has 0 saturated heterocycles. The number of carbonyl (C=O) groups excluding carboxylic acids is 2. The van der Waals surface area contributed by atoms with Crippen LogP contribution in [0.3, 0.4) is 0 Å². The van der Waals surface area contributed by atoms with Gasteiger partial charge < -0.3 is 8.83 Å². The molecule has 0 aliphatic rings. The summed E-state index contributed by atoms with van der Waals surface area (Å²) in [5.74, 6) is 0.514. The maximum atomic E-state index is 12.6. The third-order valence-corrected chi connectivity index (χ3v) is 4.58. The van der Waals surface area contributed by atoms with Gasteiger partial charge in [0.2, 0.25) is 0 Å². The Morgan fingerprint density at radius 3 is 2.50 bits per heavy atom. The average molecular weight is 425 g/mol. The quantitative estimate of drug-likeness (QED) is 0.481.